The lowest BCUT2D eigenvalue weighted by atomic mass is 10.00. The van der Waals surface area contributed by atoms with Gasteiger partial charge in [0.05, 0.1) is 12.6 Å². The zero-order valence-electron chi connectivity index (χ0n) is 20.6. The van der Waals surface area contributed by atoms with Gasteiger partial charge in [0.25, 0.3) is 0 Å². The van der Waals surface area contributed by atoms with E-state index in [4.69, 9.17) is 4.74 Å². The van der Waals surface area contributed by atoms with E-state index < -0.39 is 29.2 Å². The van der Waals surface area contributed by atoms with Gasteiger partial charge >= 0.3 is 0 Å². The third-order valence-electron chi connectivity index (χ3n) is 5.53. The van der Waals surface area contributed by atoms with Crippen LogP contribution in [0.3, 0.4) is 0 Å². The number of benzene rings is 3. The van der Waals surface area contributed by atoms with Gasteiger partial charge < -0.3 is 10.1 Å². The fourth-order valence-electron chi connectivity index (χ4n) is 3.95. The number of carbonyl (C=O) groups is 2. The molecule has 186 valence electrons. The summed E-state index contributed by atoms with van der Waals surface area (Å²) >= 11 is 0. The number of halogens is 1. The monoisotopic (exact) mass is 489 g/mol. The molecule has 0 bridgehead atoms. The van der Waals surface area contributed by atoms with Crippen LogP contribution in [0, 0.1) is 5.82 Å². The molecule has 0 aliphatic heterocycles. The highest BCUT2D eigenvalue weighted by Gasteiger charge is 2.36. The molecule has 36 heavy (non-hydrogen) atoms. The molecule has 1 atom stereocenters. The average Bonchev–Trinajstić information content (AvgIpc) is 3.25. The van der Waals surface area contributed by atoms with Crippen molar-refractivity contribution in [2.24, 2.45) is 0 Å². The van der Waals surface area contributed by atoms with Crippen LogP contribution in [0.5, 0.6) is 5.75 Å². The number of hydrogen-bond acceptors (Lipinski definition) is 5. The van der Waals surface area contributed by atoms with E-state index in [1.165, 1.54) is 28.8 Å². The maximum Gasteiger partial charge on any atom is 0.249 e. The predicted molar refractivity (Wildman–Crippen MR) is 135 cm³/mol. The molecule has 4 aromatic rings. The van der Waals surface area contributed by atoms with Gasteiger partial charge in [-0.25, -0.2) is 9.07 Å². The largest absolute Gasteiger partial charge is 0.497 e. The molecule has 2 amide bonds. The Kier molecular flexibility index (Phi) is 7.00. The van der Waals surface area contributed by atoms with Crippen molar-refractivity contribution in [3.63, 3.8) is 0 Å². The van der Waals surface area contributed by atoms with Crippen molar-refractivity contribution >= 4 is 28.5 Å². The number of rotatable bonds is 7. The standard InChI is InChI=1S/C27H28FN5O3/c1-27(2,3)29-26(35)25(20-9-5-6-10-21(20)28)33(18-13-15-19(36-4)16-14-18)24(34)17-32-23-12-8-7-11-22(23)30-31-32/h5-16,25H,17H2,1-4H3,(H,29,35)/t25-/m1/s1. The summed E-state index contributed by atoms with van der Waals surface area (Å²) in [5, 5.41) is 11.1. The number of amides is 2. The first kappa shape index (κ1) is 24.8. The van der Waals surface area contributed by atoms with Crippen LogP contribution in [0.25, 0.3) is 11.0 Å². The van der Waals surface area contributed by atoms with E-state index in [-0.39, 0.29) is 12.1 Å². The minimum atomic E-state index is -1.28. The van der Waals surface area contributed by atoms with E-state index in [1.807, 2.05) is 32.9 Å². The smallest absolute Gasteiger partial charge is 0.249 e. The number of ether oxygens (including phenoxy) is 1. The molecule has 1 aromatic heterocycles. The maximum atomic E-state index is 15.1. The minimum Gasteiger partial charge on any atom is -0.497 e. The van der Waals surface area contributed by atoms with E-state index >= 15 is 4.39 Å². The molecule has 0 spiro atoms. The summed E-state index contributed by atoms with van der Waals surface area (Å²) in [4.78, 5) is 28.8. The van der Waals surface area contributed by atoms with Crippen molar-refractivity contribution < 1.29 is 18.7 Å². The first-order valence-electron chi connectivity index (χ1n) is 11.5. The molecule has 3 aromatic carbocycles. The third kappa shape index (κ3) is 5.35. The molecule has 0 aliphatic carbocycles. The van der Waals surface area contributed by atoms with Crippen LogP contribution in [-0.4, -0.2) is 39.5 Å². The van der Waals surface area contributed by atoms with Crippen LogP contribution in [-0.2, 0) is 16.1 Å². The average molecular weight is 490 g/mol. The zero-order valence-corrected chi connectivity index (χ0v) is 20.6. The number of methoxy groups -OCH3 is 1. The fourth-order valence-corrected chi connectivity index (χ4v) is 3.95. The van der Waals surface area contributed by atoms with Crippen molar-refractivity contribution in [1.29, 1.82) is 0 Å². The van der Waals surface area contributed by atoms with Gasteiger partial charge in [-0.3, -0.25) is 14.5 Å². The zero-order chi connectivity index (χ0) is 25.9. The predicted octanol–water partition coefficient (Wildman–Crippen LogP) is 4.27. The highest BCUT2D eigenvalue weighted by molar-refractivity contribution is 6.01. The van der Waals surface area contributed by atoms with Crippen molar-refractivity contribution in [3.8, 4) is 5.75 Å². The van der Waals surface area contributed by atoms with E-state index in [1.54, 1.807) is 48.5 Å². The van der Waals surface area contributed by atoms with E-state index in [0.29, 0.717) is 22.5 Å². The second-order valence-corrected chi connectivity index (χ2v) is 9.36. The topological polar surface area (TPSA) is 89.3 Å². The Morgan fingerprint density at radius 3 is 2.36 bits per heavy atom. The molecular formula is C27H28FN5O3. The molecule has 1 heterocycles. The fraction of sp³-hybridized carbons (Fsp3) is 0.259. The van der Waals surface area contributed by atoms with Gasteiger partial charge in [-0.1, -0.05) is 35.5 Å². The van der Waals surface area contributed by atoms with Gasteiger partial charge in [-0.15, -0.1) is 5.10 Å². The lowest BCUT2D eigenvalue weighted by Gasteiger charge is -2.34. The van der Waals surface area contributed by atoms with Crippen molar-refractivity contribution in [2.75, 3.05) is 12.0 Å². The van der Waals surface area contributed by atoms with Crippen LogP contribution < -0.4 is 15.0 Å². The summed E-state index contributed by atoms with van der Waals surface area (Å²) in [6.07, 6.45) is 0. The summed E-state index contributed by atoms with van der Waals surface area (Å²) in [7, 11) is 1.53. The Balaban J connectivity index is 1.83. The molecular weight excluding hydrogens is 461 g/mol. The Labute approximate surface area is 208 Å². The first-order valence-corrected chi connectivity index (χ1v) is 11.5. The normalized spacial score (nSPS) is 12.2. The summed E-state index contributed by atoms with van der Waals surface area (Å²) < 4.78 is 21.8. The van der Waals surface area contributed by atoms with Crippen LogP contribution in [0.2, 0.25) is 0 Å². The summed E-state index contributed by atoms with van der Waals surface area (Å²) in [6.45, 7) is 5.26. The lowest BCUT2D eigenvalue weighted by molar-refractivity contribution is -0.128. The Morgan fingerprint density at radius 1 is 1.03 bits per heavy atom. The summed E-state index contributed by atoms with van der Waals surface area (Å²) in [5.41, 5.74) is 1.17. The van der Waals surface area contributed by atoms with Gasteiger partial charge in [0.15, 0.2) is 0 Å². The number of nitrogens with one attached hydrogen (secondary N) is 1. The lowest BCUT2D eigenvalue weighted by Crippen LogP contribution is -2.50. The highest BCUT2D eigenvalue weighted by atomic mass is 19.1. The van der Waals surface area contributed by atoms with Crippen LogP contribution >= 0.6 is 0 Å². The SMILES string of the molecule is COc1ccc(N(C(=O)Cn2nnc3ccccc32)[C@@H](C(=O)NC(C)(C)C)c2ccccc2F)cc1. The molecule has 0 aliphatic rings. The van der Waals surface area contributed by atoms with E-state index in [0.717, 1.165) is 0 Å². The highest BCUT2D eigenvalue weighted by Crippen LogP contribution is 2.32. The molecule has 9 heteroatoms. The number of anilines is 1. The van der Waals surface area contributed by atoms with Crippen LogP contribution in [0.1, 0.15) is 32.4 Å². The maximum absolute atomic E-state index is 15.1. The molecule has 0 fully saturated rings. The molecule has 0 saturated carbocycles. The third-order valence-corrected chi connectivity index (χ3v) is 5.53. The van der Waals surface area contributed by atoms with Gasteiger partial charge in [0, 0.05) is 16.8 Å². The first-order chi connectivity index (χ1) is 17.2. The molecule has 0 radical (unpaired) electrons. The number of para-hydroxylation sites is 1. The number of nitrogens with zero attached hydrogens (tertiary/aromatic N) is 4. The van der Waals surface area contributed by atoms with Crippen LogP contribution in [0.4, 0.5) is 10.1 Å². The van der Waals surface area contributed by atoms with Gasteiger partial charge in [0.1, 0.15) is 29.7 Å². The second-order valence-electron chi connectivity index (χ2n) is 9.36. The number of carbonyl (C=O) groups excluding carboxylic acids is 2. The van der Waals surface area contributed by atoms with E-state index in [9.17, 15) is 9.59 Å². The number of fused-ring (bicyclic) bond motifs is 1. The van der Waals surface area contributed by atoms with Crippen LogP contribution in [0.15, 0.2) is 72.8 Å². The Morgan fingerprint density at radius 2 is 1.69 bits per heavy atom. The van der Waals surface area contributed by atoms with Gasteiger partial charge in [-0.05, 0) is 63.2 Å². The summed E-state index contributed by atoms with van der Waals surface area (Å²) in [6, 6.07) is 18.6. The van der Waals surface area contributed by atoms with Crippen molar-refractivity contribution in [1.82, 2.24) is 20.3 Å². The van der Waals surface area contributed by atoms with Crippen molar-refractivity contribution in [2.45, 2.75) is 38.9 Å². The van der Waals surface area contributed by atoms with Crippen molar-refractivity contribution in [3.05, 3.63) is 84.2 Å². The second kappa shape index (κ2) is 10.2. The Hall–Kier alpha value is -4.27. The Bertz CT molecular complexity index is 1380. The molecule has 8 nitrogen and oxygen atoms in total. The van der Waals surface area contributed by atoms with Gasteiger partial charge in [0.2, 0.25) is 11.8 Å². The molecule has 0 unspecified atom stereocenters. The molecule has 4 rings (SSSR count). The van der Waals surface area contributed by atoms with E-state index in [2.05, 4.69) is 15.6 Å². The number of aromatic nitrogens is 3. The molecule has 1 N–H and O–H groups in total. The quantitative estimate of drug-likeness (QED) is 0.419. The van der Waals surface area contributed by atoms with Gasteiger partial charge in [-0.2, -0.15) is 0 Å². The minimum absolute atomic E-state index is 0.0758. The molecule has 0 saturated heterocycles. The summed E-state index contributed by atoms with van der Waals surface area (Å²) in [5.74, 6) is -0.993. The number of hydrogen-bond donors (Lipinski definition) is 1.